The van der Waals surface area contributed by atoms with Crippen molar-refractivity contribution in [2.45, 2.75) is 12.8 Å². The van der Waals surface area contributed by atoms with E-state index in [1.54, 1.807) is 0 Å². The Hall–Kier alpha value is -0.530. The third kappa shape index (κ3) is 2.91. The topological polar surface area (TPSA) is 26.0 Å². The molecule has 0 spiro atoms. The second-order valence-corrected chi connectivity index (χ2v) is 2.96. The molecular formula is C9H12ClN. The van der Waals surface area contributed by atoms with Gasteiger partial charge < -0.3 is 5.73 Å². The molecule has 2 N–H and O–H groups in total. The average Bonchev–Trinajstić information content (AvgIpc) is 2.01. The van der Waals surface area contributed by atoms with E-state index in [2.05, 4.69) is 6.07 Å². The molecule has 1 rings (SSSR count). The molecule has 1 aromatic carbocycles. The minimum atomic E-state index is 0.743. The Labute approximate surface area is 72.2 Å². The summed E-state index contributed by atoms with van der Waals surface area (Å²) in [6.45, 7) is 0.743. The van der Waals surface area contributed by atoms with Crippen molar-refractivity contribution in [3.8, 4) is 0 Å². The van der Waals surface area contributed by atoms with Gasteiger partial charge in [0.1, 0.15) is 0 Å². The Bertz CT molecular complexity index is 223. The van der Waals surface area contributed by atoms with E-state index in [1.165, 1.54) is 5.56 Å². The molecular weight excluding hydrogens is 158 g/mol. The van der Waals surface area contributed by atoms with E-state index < -0.39 is 0 Å². The molecule has 0 saturated heterocycles. The Morgan fingerprint density at radius 2 is 2.18 bits per heavy atom. The smallest absolute Gasteiger partial charge is 0.0408 e. The van der Waals surface area contributed by atoms with Crippen molar-refractivity contribution < 1.29 is 0 Å². The number of halogens is 1. The number of rotatable bonds is 3. The fourth-order valence-electron chi connectivity index (χ4n) is 0.999. The average molecular weight is 170 g/mol. The largest absolute Gasteiger partial charge is 0.330 e. The second kappa shape index (κ2) is 4.37. The van der Waals surface area contributed by atoms with Crippen LogP contribution in [0.3, 0.4) is 0 Å². The quantitative estimate of drug-likeness (QED) is 0.738. The Morgan fingerprint density at radius 3 is 2.82 bits per heavy atom. The van der Waals surface area contributed by atoms with Gasteiger partial charge in [0, 0.05) is 5.02 Å². The molecule has 0 amide bonds. The maximum atomic E-state index is 5.79. The van der Waals surface area contributed by atoms with Crippen molar-refractivity contribution in [3.63, 3.8) is 0 Å². The van der Waals surface area contributed by atoms with Gasteiger partial charge in [0.15, 0.2) is 0 Å². The van der Waals surface area contributed by atoms with Gasteiger partial charge >= 0.3 is 0 Å². The molecule has 2 heteroatoms. The molecule has 0 fully saturated rings. The number of benzene rings is 1. The fraction of sp³-hybridized carbons (Fsp3) is 0.333. The highest BCUT2D eigenvalue weighted by Crippen LogP contribution is 2.11. The first-order chi connectivity index (χ1) is 5.33. The van der Waals surface area contributed by atoms with Crippen LogP contribution in [0, 0.1) is 0 Å². The van der Waals surface area contributed by atoms with E-state index in [0.29, 0.717) is 0 Å². The summed E-state index contributed by atoms with van der Waals surface area (Å²) in [7, 11) is 0. The van der Waals surface area contributed by atoms with Crippen LogP contribution in [-0.2, 0) is 6.42 Å². The van der Waals surface area contributed by atoms with E-state index in [4.69, 9.17) is 17.3 Å². The monoisotopic (exact) mass is 169 g/mol. The lowest BCUT2D eigenvalue weighted by Gasteiger charge is -1.98. The zero-order valence-corrected chi connectivity index (χ0v) is 7.14. The van der Waals surface area contributed by atoms with Gasteiger partial charge in [-0.2, -0.15) is 0 Å². The fourth-order valence-corrected chi connectivity index (χ4v) is 1.21. The number of hydrogen-bond acceptors (Lipinski definition) is 1. The predicted molar refractivity (Wildman–Crippen MR) is 48.8 cm³/mol. The molecule has 0 radical (unpaired) electrons. The van der Waals surface area contributed by atoms with Crippen molar-refractivity contribution in [1.29, 1.82) is 0 Å². The Kier molecular flexibility index (Phi) is 3.40. The molecule has 11 heavy (non-hydrogen) atoms. The maximum absolute atomic E-state index is 5.79. The Balaban J connectivity index is 2.56. The van der Waals surface area contributed by atoms with Gasteiger partial charge in [-0.25, -0.2) is 0 Å². The molecule has 0 unspecified atom stereocenters. The first-order valence-corrected chi connectivity index (χ1v) is 4.15. The van der Waals surface area contributed by atoms with E-state index in [1.807, 2.05) is 18.2 Å². The van der Waals surface area contributed by atoms with E-state index >= 15 is 0 Å². The van der Waals surface area contributed by atoms with Crippen LogP contribution in [0.15, 0.2) is 24.3 Å². The molecule has 0 aromatic heterocycles. The lowest BCUT2D eigenvalue weighted by Crippen LogP contribution is -1.99. The summed E-state index contributed by atoms with van der Waals surface area (Å²) in [5, 5.41) is 0.805. The molecule has 1 aromatic rings. The van der Waals surface area contributed by atoms with Gasteiger partial charge in [0.2, 0.25) is 0 Å². The van der Waals surface area contributed by atoms with Gasteiger partial charge in [0.05, 0.1) is 0 Å². The maximum Gasteiger partial charge on any atom is 0.0408 e. The number of nitrogens with two attached hydrogens (primary N) is 1. The molecule has 0 atom stereocenters. The predicted octanol–water partition coefficient (Wildman–Crippen LogP) is 2.23. The van der Waals surface area contributed by atoms with Crippen molar-refractivity contribution in [1.82, 2.24) is 0 Å². The minimum Gasteiger partial charge on any atom is -0.330 e. The van der Waals surface area contributed by atoms with Gasteiger partial charge in [-0.15, -0.1) is 0 Å². The summed E-state index contributed by atoms with van der Waals surface area (Å²) in [4.78, 5) is 0. The first-order valence-electron chi connectivity index (χ1n) is 3.77. The van der Waals surface area contributed by atoms with Crippen molar-refractivity contribution in [2.75, 3.05) is 6.54 Å². The molecule has 0 saturated carbocycles. The molecule has 0 aliphatic rings. The normalized spacial score (nSPS) is 10.0. The SMILES string of the molecule is NCCCc1cccc(Cl)c1. The summed E-state index contributed by atoms with van der Waals surface area (Å²) in [5.74, 6) is 0. The first kappa shape index (κ1) is 8.57. The summed E-state index contributed by atoms with van der Waals surface area (Å²) in [6, 6.07) is 7.90. The zero-order chi connectivity index (χ0) is 8.10. The van der Waals surface area contributed by atoms with E-state index in [9.17, 15) is 0 Å². The summed E-state index contributed by atoms with van der Waals surface area (Å²) < 4.78 is 0. The molecule has 0 aliphatic heterocycles. The van der Waals surface area contributed by atoms with Crippen LogP contribution in [0.25, 0.3) is 0 Å². The number of hydrogen-bond donors (Lipinski definition) is 1. The van der Waals surface area contributed by atoms with Crippen molar-refractivity contribution in [2.24, 2.45) is 5.73 Å². The molecule has 0 bridgehead atoms. The highest BCUT2D eigenvalue weighted by Gasteiger charge is 1.92. The molecule has 60 valence electrons. The standard InChI is InChI=1S/C9H12ClN/c10-9-5-1-3-8(7-9)4-2-6-11/h1,3,5,7H,2,4,6,11H2. The van der Waals surface area contributed by atoms with E-state index in [0.717, 1.165) is 24.4 Å². The third-order valence-electron chi connectivity index (χ3n) is 1.56. The molecule has 0 aliphatic carbocycles. The van der Waals surface area contributed by atoms with Crippen molar-refractivity contribution in [3.05, 3.63) is 34.9 Å². The van der Waals surface area contributed by atoms with Gasteiger partial charge in [0.25, 0.3) is 0 Å². The van der Waals surface area contributed by atoms with E-state index in [-0.39, 0.29) is 0 Å². The summed E-state index contributed by atoms with van der Waals surface area (Å²) in [6.07, 6.45) is 2.05. The van der Waals surface area contributed by atoms with Crippen LogP contribution >= 0.6 is 11.6 Å². The van der Waals surface area contributed by atoms with Gasteiger partial charge in [-0.1, -0.05) is 23.7 Å². The van der Waals surface area contributed by atoms with Crippen LogP contribution in [-0.4, -0.2) is 6.54 Å². The highest BCUT2D eigenvalue weighted by atomic mass is 35.5. The van der Waals surface area contributed by atoms with Crippen LogP contribution in [0.4, 0.5) is 0 Å². The summed E-state index contributed by atoms with van der Waals surface area (Å²) in [5.41, 5.74) is 6.65. The zero-order valence-electron chi connectivity index (χ0n) is 6.39. The third-order valence-corrected chi connectivity index (χ3v) is 1.79. The lowest BCUT2D eigenvalue weighted by molar-refractivity contribution is 0.833. The molecule has 1 nitrogen and oxygen atoms in total. The summed E-state index contributed by atoms with van der Waals surface area (Å²) >= 11 is 5.79. The number of aryl methyl sites for hydroxylation is 1. The van der Waals surface area contributed by atoms with Crippen LogP contribution in [0.5, 0.6) is 0 Å². The van der Waals surface area contributed by atoms with Crippen LogP contribution < -0.4 is 5.73 Å². The highest BCUT2D eigenvalue weighted by molar-refractivity contribution is 6.30. The minimum absolute atomic E-state index is 0.743. The molecule has 0 heterocycles. The van der Waals surface area contributed by atoms with Crippen molar-refractivity contribution >= 4 is 11.6 Å². The van der Waals surface area contributed by atoms with Gasteiger partial charge in [-0.05, 0) is 37.1 Å². The van der Waals surface area contributed by atoms with Crippen LogP contribution in [0.2, 0.25) is 5.02 Å². The van der Waals surface area contributed by atoms with Crippen LogP contribution in [0.1, 0.15) is 12.0 Å². The van der Waals surface area contributed by atoms with Gasteiger partial charge in [-0.3, -0.25) is 0 Å². The lowest BCUT2D eigenvalue weighted by atomic mass is 10.1. The second-order valence-electron chi connectivity index (χ2n) is 2.52. The Morgan fingerprint density at radius 1 is 1.36 bits per heavy atom.